The van der Waals surface area contributed by atoms with Crippen LogP contribution < -0.4 is 5.32 Å². The Morgan fingerprint density at radius 1 is 1.00 bits per heavy atom. The van der Waals surface area contributed by atoms with Crippen molar-refractivity contribution in [2.45, 2.75) is 13.5 Å². The first-order valence-corrected chi connectivity index (χ1v) is 15.2. The van der Waals surface area contributed by atoms with Crippen LogP contribution in [0.15, 0.2) is 73.0 Å². The number of amides is 1. The van der Waals surface area contributed by atoms with Crippen molar-refractivity contribution in [1.82, 2.24) is 14.0 Å². The maximum Gasteiger partial charge on any atom is 0.330 e. The Morgan fingerprint density at radius 3 is 2.39 bits per heavy atom. The zero-order chi connectivity index (χ0) is 33.1. The van der Waals surface area contributed by atoms with Crippen molar-refractivity contribution >= 4 is 74.7 Å². The van der Waals surface area contributed by atoms with Crippen molar-refractivity contribution in [3.63, 3.8) is 0 Å². The maximum absolute atomic E-state index is 14.9. The van der Waals surface area contributed by atoms with E-state index in [4.69, 9.17) is 39.5 Å². The molecule has 3 heterocycles. The number of anilines is 1. The Labute approximate surface area is 276 Å². The van der Waals surface area contributed by atoms with Gasteiger partial charge < -0.3 is 19.0 Å². The molecule has 0 aliphatic heterocycles. The van der Waals surface area contributed by atoms with E-state index in [1.807, 2.05) is 19.1 Å². The quantitative estimate of drug-likeness (QED) is 0.0710. The smallest absolute Gasteiger partial charge is 0.330 e. The first-order chi connectivity index (χ1) is 22.0. The standard InChI is InChI=1S/C33H25Cl3F2N4O4/c1-18-14-25-32(39-26(41(25)2)17-46-28(44)8-4-12-35)30(36)29(18)20-6-5-13-42-23(20)9-10-24(42)33(45)19-15-21(37)31(22(38)16-19)40-27(43)7-3-11-34/h3-10,13-16H,11-12,17H2,1-2H3,(H,40,43)/b7-3+,8-4+. The minimum Gasteiger partial charge on any atom is -0.454 e. The van der Waals surface area contributed by atoms with Crippen molar-refractivity contribution in [3.05, 3.63) is 112 Å². The fourth-order valence-electron chi connectivity index (χ4n) is 5.06. The lowest BCUT2D eigenvalue weighted by Crippen LogP contribution is -2.13. The van der Waals surface area contributed by atoms with Crippen LogP contribution in [-0.2, 0) is 28.0 Å². The van der Waals surface area contributed by atoms with E-state index in [1.54, 1.807) is 40.4 Å². The molecule has 0 unspecified atom stereocenters. The highest BCUT2D eigenvalue weighted by atomic mass is 35.5. The third kappa shape index (κ3) is 6.42. The molecule has 0 atom stereocenters. The largest absolute Gasteiger partial charge is 0.454 e. The lowest BCUT2D eigenvalue weighted by Gasteiger charge is -2.13. The van der Waals surface area contributed by atoms with Crippen LogP contribution in [0.3, 0.4) is 0 Å². The fourth-order valence-corrected chi connectivity index (χ4v) is 5.63. The second-order valence-electron chi connectivity index (χ2n) is 10.1. The first kappa shape index (κ1) is 32.9. The molecule has 3 aromatic heterocycles. The van der Waals surface area contributed by atoms with Crippen LogP contribution in [0.5, 0.6) is 0 Å². The van der Waals surface area contributed by atoms with Gasteiger partial charge >= 0.3 is 5.97 Å². The summed E-state index contributed by atoms with van der Waals surface area (Å²) < 4.78 is 38.4. The van der Waals surface area contributed by atoms with E-state index in [0.29, 0.717) is 33.0 Å². The Kier molecular flexibility index (Phi) is 9.91. The summed E-state index contributed by atoms with van der Waals surface area (Å²) in [5.41, 5.74) is 3.24. The second-order valence-corrected chi connectivity index (χ2v) is 11.1. The number of rotatable bonds is 10. The number of nitrogens with zero attached hydrogens (tertiary/aromatic N) is 3. The van der Waals surface area contributed by atoms with Crippen molar-refractivity contribution in [1.29, 1.82) is 0 Å². The van der Waals surface area contributed by atoms with Crippen LogP contribution in [0.1, 0.15) is 27.4 Å². The normalized spacial score (nSPS) is 11.7. The van der Waals surface area contributed by atoms with E-state index >= 15 is 0 Å². The molecular weight excluding hydrogens is 661 g/mol. The van der Waals surface area contributed by atoms with Crippen LogP contribution in [0, 0.1) is 18.6 Å². The monoisotopic (exact) mass is 684 g/mol. The Balaban J connectivity index is 1.50. The SMILES string of the molecule is Cc1cc2c(nc(COC(=O)/C=C/CCl)n2C)c(Cl)c1-c1cccn2c(C(=O)c3cc(F)c(NC(=O)/C=C/CCl)c(F)c3)ccc12. The molecule has 13 heteroatoms. The predicted molar refractivity (Wildman–Crippen MR) is 175 cm³/mol. The summed E-state index contributed by atoms with van der Waals surface area (Å²) in [5.74, 6) is -3.46. The van der Waals surface area contributed by atoms with Gasteiger partial charge in [0, 0.05) is 53.8 Å². The number of halogens is 5. The summed E-state index contributed by atoms with van der Waals surface area (Å²) >= 11 is 18.0. The molecule has 1 N–H and O–H groups in total. The van der Waals surface area contributed by atoms with Gasteiger partial charge in [0.05, 0.1) is 21.7 Å². The van der Waals surface area contributed by atoms with Gasteiger partial charge in [-0.15, -0.1) is 23.2 Å². The molecule has 0 spiro atoms. The Hall–Kier alpha value is -4.51. The number of imidazole rings is 1. The topological polar surface area (TPSA) is 94.7 Å². The number of ketones is 1. The van der Waals surface area contributed by atoms with Gasteiger partial charge in [0.15, 0.2) is 0 Å². The van der Waals surface area contributed by atoms with Crippen LogP contribution >= 0.6 is 34.8 Å². The molecule has 0 aliphatic rings. The summed E-state index contributed by atoms with van der Waals surface area (Å²) in [6, 6.07) is 10.5. The molecule has 5 aromatic rings. The molecule has 0 aliphatic carbocycles. The highest BCUT2D eigenvalue weighted by Gasteiger charge is 2.23. The molecular formula is C33H25Cl3F2N4O4. The summed E-state index contributed by atoms with van der Waals surface area (Å²) in [5, 5.41) is 2.47. The minimum absolute atomic E-state index is 0.0517. The average Bonchev–Trinajstić information content (AvgIpc) is 3.60. The number of alkyl halides is 2. The van der Waals surface area contributed by atoms with Crippen LogP contribution in [-0.4, -0.2) is 43.4 Å². The molecule has 2 aromatic carbocycles. The summed E-state index contributed by atoms with van der Waals surface area (Å²) in [6.07, 6.45) is 6.75. The Bertz CT molecular complexity index is 2060. The lowest BCUT2D eigenvalue weighted by molar-refractivity contribution is -0.139. The van der Waals surface area contributed by atoms with E-state index in [1.165, 1.54) is 18.2 Å². The number of fused-ring (bicyclic) bond motifs is 2. The molecule has 0 saturated heterocycles. The fraction of sp³-hybridized carbons (Fsp3) is 0.152. The summed E-state index contributed by atoms with van der Waals surface area (Å²) in [7, 11) is 1.79. The number of nitrogens with one attached hydrogen (secondary N) is 1. The number of pyridine rings is 1. The molecule has 236 valence electrons. The third-order valence-electron chi connectivity index (χ3n) is 7.20. The summed E-state index contributed by atoms with van der Waals surface area (Å²) in [4.78, 5) is 42.0. The van der Waals surface area contributed by atoms with Crippen LogP contribution in [0.25, 0.3) is 27.7 Å². The van der Waals surface area contributed by atoms with Gasteiger partial charge in [-0.2, -0.15) is 0 Å². The third-order valence-corrected chi connectivity index (χ3v) is 7.92. The van der Waals surface area contributed by atoms with Gasteiger partial charge in [0.2, 0.25) is 11.7 Å². The van der Waals surface area contributed by atoms with Gasteiger partial charge in [-0.05, 0) is 48.9 Å². The van der Waals surface area contributed by atoms with Crippen LogP contribution in [0.2, 0.25) is 5.02 Å². The molecule has 0 fully saturated rings. The summed E-state index contributed by atoms with van der Waals surface area (Å²) in [6.45, 7) is 1.81. The molecule has 5 rings (SSSR count). The van der Waals surface area contributed by atoms with E-state index in [9.17, 15) is 23.2 Å². The van der Waals surface area contributed by atoms with Crippen molar-refractivity contribution < 1.29 is 27.9 Å². The lowest BCUT2D eigenvalue weighted by atomic mass is 9.99. The van der Waals surface area contributed by atoms with Crippen molar-refractivity contribution in [2.24, 2.45) is 7.05 Å². The van der Waals surface area contributed by atoms with Gasteiger partial charge in [-0.25, -0.2) is 18.6 Å². The number of aryl methyl sites for hydroxylation is 2. The van der Waals surface area contributed by atoms with E-state index in [0.717, 1.165) is 29.3 Å². The van der Waals surface area contributed by atoms with Gasteiger partial charge in [-0.3, -0.25) is 9.59 Å². The molecule has 0 saturated carbocycles. The van der Waals surface area contributed by atoms with E-state index < -0.39 is 35.0 Å². The van der Waals surface area contributed by atoms with Crippen molar-refractivity contribution in [2.75, 3.05) is 17.1 Å². The zero-order valence-corrected chi connectivity index (χ0v) is 26.7. The van der Waals surface area contributed by atoms with Gasteiger partial charge in [0.25, 0.3) is 0 Å². The number of aromatic nitrogens is 3. The van der Waals surface area contributed by atoms with Crippen LogP contribution in [0.4, 0.5) is 14.5 Å². The molecule has 46 heavy (non-hydrogen) atoms. The second kappa shape index (κ2) is 13.9. The van der Waals surface area contributed by atoms with Gasteiger partial charge in [-0.1, -0.05) is 29.8 Å². The average molecular weight is 686 g/mol. The van der Waals surface area contributed by atoms with Crippen molar-refractivity contribution in [3.8, 4) is 11.1 Å². The predicted octanol–water partition coefficient (Wildman–Crippen LogP) is 7.54. The highest BCUT2D eigenvalue weighted by Crippen LogP contribution is 2.39. The number of esters is 1. The number of hydrogen-bond donors (Lipinski definition) is 1. The number of carbonyl (C=O) groups excluding carboxylic acids is 3. The first-order valence-electron chi connectivity index (χ1n) is 13.8. The Morgan fingerprint density at radius 2 is 1.70 bits per heavy atom. The molecule has 8 nitrogen and oxygen atoms in total. The maximum atomic E-state index is 14.9. The molecule has 0 radical (unpaired) electrons. The number of allylic oxidation sites excluding steroid dienone is 2. The number of benzene rings is 2. The zero-order valence-electron chi connectivity index (χ0n) is 24.4. The number of carbonyl (C=O) groups is 3. The van der Waals surface area contributed by atoms with Gasteiger partial charge in [0.1, 0.15) is 35.3 Å². The molecule has 1 amide bonds. The minimum atomic E-state index is -1.11. The van der Waals surface area contributed by atoms with E-state index in [2.05, 4.69) is 10.3 Å². The van der Waals surface area contributed by atoms with E-state index in [-0.39, 0.29) is 29.6 Å². The molecule has 0 bridgehead atoms. The number of ether oxygens (including phenoxy) is 1. The number of hydrogen-bond acceptors (Lipinski definition) is 5. The highest BCUT2D eigenvalue weighted by molar-refractivity contribution is 6.38.